The molecule has 3 rings (SSSR count). The van der Waals surface area contributed by atoms with E-state index in [1.807, 2.05) is 24.0 Å². The predicted molar refractivity (Wildman–Crippen MR) is 83.3 cm³/mol. The van der Waals surface area contributed by atoms with Crippen LogP contribution in [0.1, 0.15) is 25.0 Å². The number of anilines is 1. The number of urea groups is 1. The number of aromatic nitrogens is 1. The Hall–Kier alpha value is -1.62. The van der Waals surface area contributed by atoms with Gasteiger partial charge in [-0.1, -0.05) is 0 Å². The van der Waals surface area contributed by atoms with Crippen LogP contribution >= 0.6 is 0 Å². The van der Waals surface area contributed by atoms with Gasteiger partial charge >= 0.3 is 6.03 Å². The monoisotopic (exact) mass is 288 g/mol. The van der Waals surface area contributed by atoms with Crippen molar-refractivity contribution in [2.45, 2.75) is 26.2 Å². The summed E-state index contributed by atoms with van der Waals surface area (Å²) in [5.74, 6) is 0.632. The molecular weight excluding hydrogens is 264 g/mol. The summed E-state index contributed by atoms with van der Waals surface area (Å²) in [4.78, 5) is 20.9. The zero-order chi connectivity index (χ0) is 14.7. The zero-order valence-electron chi connectivity index (χ0n) is 12.7. The van der Waals surface area contributed by atoms with Crippen molar-refractivity contribution in [3.05, 3.63) is 24.0 Å². The van der Waals surface area contributed by atoms with Gasteiger partial charge in [-0.2, -0.15) is 0 Å². The molecule has 0 radical (unpaired) electrons. The second-order valence-corrected chi connectivity index (χ2v) is 6.22. The Labute approximate surface area is 126 Å². The number of amides is 2. The molecule has 2 aliphatic rings. The zero-order valence-corrected chi connectivity index (χ0v) is 12.7. The van der Waals surface area contributed by atoms with Gasteiger partial charge in [-0.3, -0.25) is 4.98 Å². The lowest BCUT2D eigenvalue weighted by Gasteiger charge is -2.21. The summed E-state index contributed by atoms with van der Waals surface area (Å²) in [6, 6.07) is 3.75. The number of pyridine rings is 1. The van der Waals surface area contributed by atoms with Gasteiger partial charge in [0.05, 0.1) is 0 Å². The number of nitrogens with one attached hydrogen (secondary N) is 1. The minimum atomic E-state index is 0.0181. The van der Waals surface area contributed by atoms with Crippen LogP contribution in [0.2, 0.25) is 0 Å². The first-order chi connectivity index (χ1) is 10.2. The van der Waals surface area contributed by atoms with Crippen LogP contribution in [0.15, 0.2) is 18.3 Å². The van der Waals surface area contributed by atoms with E-state index >= 15 is 0 Å². The molecule has 1 N–H and O–H groups in total. The smallest absolute Gasteiger partial charge is 0.321 e. The molecule has 5 heteroatoms. The lowest BCUT2D eigenvalue weighted by molar-refractivity contribution is 0.217. The Morgan fingerprint density at radius 2 is 2.19 bits per heavy atom. The van der Waals surface area contributed by atoms with Crippen LogP contribution in [0.3, 0.4) is 0 Å². The summed E-state index contributed by atoms with van der Waals surface area (Å²) < 4.78 is 0. The Morgan fingerprint density at radius 1 is 1.38 bits per heavy atom. The molecule has 2 fully saturated rings. The molecule has 1 atom stereocenters. The summed E-state index contributed by atoms with van der Waals surface area (Å²) in [7, 11) is 0. The van der Waals surface area contributed by atoms with Crippen molar-refractivity contribution < 1.29 is 4.79 Å². The molecule has 0 unspecified atom stereocenters. The second-order valence-electron chi connectivity index (χ2n) is 6.22. The van der Waals surface area contributed by atoms with E-state index in [4.69, 9.17) is 0 Å². The van der Waals surface area contributed by atoms with Gasteiger partial charge in [0, 0.05) is 37.2 Å². The SMILES string of the molecule is Cc1cc(NC(=O)N2CC[C@H](CN3CCCC3)C2)ccn1. The topological polar surface area (TPSA) is 48.5 Å². The van der Waals surface area contributed by atoms with Gasteiger partial charge in [-0.05, 0) is 57.3 Å². The molecule has 21 heavy (non-hydrogen) atoms. The van der Waals surface area contributed by atoms with Crippen molar-refractivity contribution in [1.29, 1.82) is 0 Å². The van der Waals surface area contributed by atoms with Gasteiger partial charge in [0.2, 0.25) is 0 Å². The first-order valence-corrected chi connectivity index (χ1v) is 7.91. The van der Waals surface area contributed by atoms with Crippen LogP contribution < -0.4 is 5.32 Å². The number of carbonyl (C=O) groups excluding carboxylic acids is 1. The summed E-state index contributed by atoms with van der Waals surface area (Å²) in [6.07, 6.45) is 5.51. The minimum Gasteiger partial charge on any atom is -0.324 e. The number of aryl methyl sites for hydroxylation is 1. The van der Waals surface area contributed by atoms with E-state index in [9.17, 15) is 4.79 Å². The Bertz CT molecular complexity index is 499. The van der Waals surface area contributed by atoms with Gasteiger partial charge in [0.15, 0.2) is 0 Å². The second kappa shape index (κ2) is 6.43. The van der Waals surface area contributed by atoms with Crippen molar-refractivity contribution in [3.63, 3.8) is 0 Å². The van der Waals surface area contributed by atoms with E-state index in [0.717, 1.165) is 37.4 Å². The number of nitrogens with zero attached hydrogens (tertiary/aromatic N) is 3. The molecular formula is C16H24N4O. The molecule has 0 spiro atoms. The van der Waals surface area contributed by atoms with Gasteiger partial charge in [0.1, 0.15) is 0 Å². The normalized spacial score (nSPS) is 22.7. The maximum absolute atomic E-state index is 12.3. The van der Waals surface area contributed by atoms with Crippen LogP contribution in [-0.4, -0.2) is 53.5 Å². The van der Waals surface area contributed by atoms with Crippen molar-refractivity contribution in [2.24, 2.45) is 5.92 Å². The van der Waals surface area contributed by atoms with Gasteiger partial charge in [-0.15, -0.1) is 0 Å². The quantitative estimate of drug-likeness (QED) is 0.928. The van der Waals surface area contributed by atoms with Crippen LogP contribution in [0.4, 0.5) is 10.5 Å². The molecule has 2 amide bonds. The van der Waals surface area contributed by atoms with Crippen LogP contribution in [-0.2, 0) is 0 Å². The summed E-state index contributed by atoms with van der Waals surface area (Å²) in [5, 5.41) is 2.97. The summed E-state index contributed by atoms with van der Waals surface area (Å²) >= 11 is 0. The fraction of sp³-hybridized carbons (Fsp3) is 0.625. The molecule has 2 aliphatic heterocycles. The lowest BCUT2D eigenvalue weighted by Crippen LogP contribution is -2.34. The predicted octanol–water partition coefficient (Wildman–Crippen LogP) is 2.34. The fourth-order valence-corrected chi connectivity index (χ4v) is 3.32. The lowest BCUT2D eigenvalue weighted by atomic mass is 10.1. The van der Waals surface area contributed by atoms with Crippen molar-refractivity contribution in [1.82, 2.24) is 14.8 Å². The Morgan fingerprint density at radius 3 is 2.95 bits per heavy atom. The number of hydrogen-bond acceptors (Lipinski definition) is 3. The van der Waals surface area contributed by atoms with Gasteiger partial charge < -0.3 is 15.1 Å². The molecule has 0 bridgehead atoms. The summed E-state index contributed by atoms with van der Waals surface area (Å²) in [6.45, 7) is 7.30. The average molecular weight is 288 g/mol. The first kappa shape index (κ1) is 14.3. The molecule has 3 heterocycles. The van der Waals surface area contributed by atoms with E-state index in [0.29, 0.717) is 5.92 Å². The van der Waals surface area contributed by atoms with E-state index < -0.39 is 0 Å². The highest BCUT2D eigenvalue weighted by Gasteiger charge is 2.28. The van der Waals surface area contributed by atoms with Gasteiger partial charge in [-0.25, -0.2) is 4.79 Å². The molecule has 1 aromatic heterocycles. The van der Waals surface area contributed by atoms with E-state index in [2.05, 4.69) is 15.2 Å². The fourth-order valence-electron chi connectivity index (χ4n) is 3.32. The first-order valence-electron chi connectivity index (χ1n) is 7.91. The third-order valence-corrected chi connectivity index (χ3v) is 4.44. The third kappa shape index (κ3) is 3.73. The number of hydrogen-bond donors (Lipinski definition) is 1. The molecule has 0 aromatic carbocycles. The average Bonchev–Trinajstić information content (AvgIpc) is 3.11. The molecule has 5 nitrogen and oxygen atoms in total. The van der Waals surface area contributed by atoms with Gasteiger partial charge in [0.25, 0.3) is 0 Å². The minimum absolute atomic E-state index is 0.0181. The van der Waals surface area contributed by atoms with Crippen molar-refractivity contribution in [2.75, 3.05) is 38.0 Å². The molecule has 0 aliphatic carbocycles. The van der Waals surface area contributed by atoms with Crippen molar-refractivity contribution in [3.8, 4) is 0 Å². The number of carbonyl (C=O) groups is 1. The Kier molecular flexibility index (Phi) is 4.39. The number of rotatable bonds is 3. The Balaban J connectivity index is 1.49. The van der Waals surface area contributed by atoms with Crippen molar-refractivity contribution >= 4 is 11.7 Å². The van der Waals surface area contributed by atoms with E-state index in [1.54, 1.807) is 6.20 Å². The van der Waals surface area contributed by atoms with Crippen LogP contribution in [0.5, 0.6) is 0 Å². The maximum atomic E-state index is 12.3. The van der Waals surface area contributed by atoms with E-state index in [1.165, 1.54) is 25.9 Å². The standard InChI is InChI=1S/C16H24N4O/c1-13-10-15(4-6-17-13)18-16(21)20-9-5-14(12-20)11-19-7-2-3-8-19/h4,6,10,14H,2-3,5,7-9,11-12H2,1H3,(H,17,18,21)/t14-/m1/s1. The highest BCUT2D eigenvalue weighted by Crippen LogP contribution is 2.20. The highest BCUT2D eigenvalue weighted by atomic mass is 16.2. The molecule has 2 saturated heterocycles. The molecule has 0 saturated carbocycles. The third-order valence-electron chi connectivity index (χ3n) is 4.44. The molecule has 1 aromatic rings. The highest BCUT2D eigenvalue weighted by molar-refractivity contribution is 5.89. The number of likely N-dealkylation sites (tertiary alicyclic amines) is 2. The van der Waals surface area contributed by atoms with Crippen LogP contribution in [0, 0.1) is 12.8 Å². The summed E-state index contributed by atoms with van der Waals surface area (Å²) in [5.41, 5.74) is 1.75. The largest absolute Gasteiger partial charge is 0.324 e. The van der Waals surface area contributed by atoms with Crippen LogP contribution in [0.25, 0.3) is 0 Å². The van der Waals surface area contributed by atoms with E-state index in [-0.39, 0.29) is 6.03 Å². The maximum Gasteiger partial charge on any atom is 0.321 e. The molecule has 114 valence electrons.